The fourth-order valence-electron chi connectivity index (χ4n) is 4.14. The molecule has 1 aliphatic rings. The molecule has 3 aromatic rings. The molecule has 1 fully saturated rings. The fraction of sp³-hybridized carbons (Fsp3) is 0.409. The third kappa shape index (κ3) is 5.22. The van der Waals surface area contributed by atoms with Crippen molar-refractivity contribution >= 4 is 28.5 Å². The fourth-order valence-corrected chi connectivity index (χ4v) is 5.89. The molecule has 2 atom stereocenters. The van der Waals surface area contributed by atoms with Crippen LogP contribution < -0.4 is 0 Å². The normalized spacial score (nSPS) is 19.8. The topological polar surface area (TPSA) is 46.1 Å². The zero-order chi connectivity index (χ0) is 22.2. The highest BCUT2D eigenvalue weighted by atomic mass is 32.1. The molecule has 0 bridgehead atoms. The number of aromatic nitrogens is 2. The molecule has 31 heavy (non-hydrogen) atoms. The lowest BCUT2D eigenvalue weighted by molar-refractivity contribution is -0.150. The molecule has 0 spiro atoms. The van der Waals surface area contributed by atoms with Crippen LogP contribution in [0.3, 0.4) is 0 Å². The SMILES string of the molecule is Cc1nc(C)c(-c2csc(CC(=O)[C@@H]3C[C@@H](c4ccccc4)CN3CC(F)(F)F)n2)s1. The molecular formula is C22H22F3N3OS2. The summed E-state index contributed by atoms with van der Waals surface area (Å²) in [5.41, 5.74) is 2.64. The molecule has 4 rings (SSSR count). The van der Waals surface area contributed by atoms with Crippen molar-refractivity contribution in [3.63, 3.8) is 0 Å². The van der Waals surface area contributed by atoms with Crippen LogP contribution >= 0.6 is 22.7 Å². The van der Waals surface area contributed by atoms with Gasteiger partial charge in [0.25, 0.3) is 0 Å². The largest absolute Gasteiger partial charge is 0.401 e. The Labute approximate surface area is 186 Å². The Kier molecular flexibility index (Phi) is 6.27. The second kappa shape index (κ2) is 8.80. The van der Waals surface area contributed by atoms with Gasteiger partial charge in [0.15, 0.2) is 5.78 Å². The Morgan fingerprint density at radius 2 is 1.94 bits per heavy atom. The van der Waals surface area contributed by atoms with Gasteiger partial charge in [0, 0.05) is 11.9 Å². The molecule has 1 saturated heterocycles. The first-order valence-corrected chi connectivity index (χ1v) is 11.7. The minimum absolute atomic E-state index is 0.0437. The van der Waals surface area contributed by atoms with Crippen LogP contribution in [-0.2, 0) is 11.2 Å². The first-order valence-electron chi connectivity index (χ1n) is 9.97. The second-order valence-electron chi connectivity index (χ2n) is 7.82. The van der Waals surface area contributed by atoms with Gasteiger partial charge in [0.05, 0.1) is 40.3 Å². The molecule has 3 heterocycles. The average Bonchev–Trinajstić information content (AvgIpc) is 3.40. The Morgan fingerprint density at radius 3 is 2.58 bits per heavy atom. The summed E-state index contributed by atoms with van der Waals surface area (Å²) in [7, 11) is 0. The third-order valence-corrected chi connectivity index (χ3v) is 7.39. The van der Waals surface area contributed by atoms with Gasteiger partial charge in [-0.1, -0.05) is 30.3 Å². The summed E-state index contributed by atoms with van der Waals surface area (Å²) in [6.45, 7) is 2.99. The van der Waals surface area contributed by atoms with E-state index in [-0.39, 0.29) is 24.7 Å². The number of halogens is 3. The monoisotopic (exact) mass is 465 g/mol. The Morgan fingerprint density at radius 1 is 1.19 bits per heavy atom. The van der Waals surface area contributed by atoms with Crippen LogP contribution in [-0.4, -0.2) is 46.0 Å². The predicted molar refractivity (Wildman–Crippen MR) is 117 cm³/mol. The number of Topliss-reactive ketones (excluding diaryl/α,β-unsaturated/α-hetero) is 1. The Bertz CT molecular complexity index is 1060. The lowest BCUT2D eigenvalue weighted by Gasteiger charge is -2.24. The minimum atomic E-state index is -4.35. The summed E-state index contributed by atoms with van der Waals surface area (Å²) in [4.78, 5) is 24.3. The van der Waals surface area contributed by atoms with Gasteiger partial charge >= 0.3 is 6.18 Å². The number of thiazole rings is 2. The highest BCUT2D eigenvalue weighted by Crippen LogP contribution is 2.35. The maximum Gasteiger partial charge on any atom is 0.401 e. The number of carbonyl (C=O) groups is 1. The summed E-state index contributed by atoms with van der Waals surface area (Å²) in [5.74, 6) is -0.298. The van der Waals surface area contributed by atoms with Gasteiger partial charge in [-0.05, 0) is 31.7 Å². The molecule has 2 aromatic heterocycles. The second-order valence-corrected chi connectivity index (χ2v) is 9.97. The van der Waals surface area contributed by atoms with E-state index >= 15 is 0 Å². The van der Waals surface area contributed by atoms with Crippen LogP contribution in [0.15, 0.2) is 35.7 Å². The van der Waals surface area contributed by atoms with Crippen molar-refractivity contribution in [3.8, 4) is 10.6 Å². The van der Waals surface area contributed by atoms with Crippen LogP contribution in [0.4, 0.5) is 13.2 Å². The van der Waals surface area contributed by atoms with Crippen molar-refractivity contribution in [2.45, 2.75) is 44.8 Å². The number of nitrogens with zero attached hydrogens (tertiary/aromatic N) is 3. The molecule has 164 valence electrons. The number of benzene rings is 1. The quantitative estimate of drug-likeness (QED) is 0.488. The van der Waals surface area contributed by atoms with Gasteiger partial charge < -0.3 is 0 Å². The summed E-state index contributed by atoms with van der Waals surface area (Å²) in [6, 6.07) is 8.69. The molecule has 1 aromatic carbocycles. The zero-order valence-corrected chi connectivity index (χ0v) is 18.8. The van der Waals surface area contributed by atoms with Crippen molar-refractivity contribution in [2.75, 3.05) is 13.1 Å². The smallest absolute Gasteiger partial charge is 0.297 e. The van der Waals surface area contributed by atoms with E-state index in [1.165, 1.54) is 16.2 Å². The average molecular weight is 466 g/mol. The minimum Gasteiger partial charge on any atom is -0.297 e. The number of ketones is 1. The number of hydrogen-bond donors (Lipinski definition) is 0. The van der Waals surface area contributed by atoms with Crippen LogP contribution in [0.5, 0.6) is 0 Å². The lowest BCUT2D eigenvalue weighted by Crippen LogP contribution is -2.42. The van der Waals surface area contributed by atoms with Gasteiger partial charge in [-0.25, -0.2) is 9.97 Å². The number of rotatable bonds is 6. The van der Waals surface area contributed by atoms with Crippen LogP contribution in [0.25, 0.3) is 10.6 Å². The number of carbonyl (C=O) groups excluding carboxylic acids is 1. The maximum absolute atomic E-state index is 13.2. The highest BCUT2D eigenvalue weighted by Gasteiger charge is 2.42. The molecule has 0 N–H and O–H groups in total. The van der Waals surface area contributed by atoms with Gasteiger partial charge in [0.1, 0.15) is 5.01 Å². The number of hydrogen-bond acceptors (Lipinski definition) is 6. The van der Waals surface area contributed by atoms with E-state index in [1.54, 1.807) is 11.3 Å². The van der Waals surface area contributed by atoms with Gasteiger partial charge in [-0.2, -0.15) is 13.2 Å². The van der Waals surface area contributed by atoms with Crippen molar-refractivity contribution in [1.29, 1.82) is 0 Å². The summed E-state index contributed by atoms with van der Waals surface area (Å²) < 4.78 is 39.5. The molecule has 0 amide bonds. The molecule has 0 unspecified atom stereocenters. The number of aryl methyl sites for hydroxylation is 2. The molecule has 0 aliphatic carbocycles. The zero-order valence-electron chi connectivity index (χ0n) is 17.1. The van der Waals surface area contributed by atoms with Gasteiger partial charge in [0.2, 0.25) is 0 Å². The third-order valence-electron chi connectivity index (χ3n) is 5.44. The van der Waals surface area contributed by atoms with Crippen LogP contribution in [0.1, 0.15) is 33.6 Å². The van der Waals surface area contributed by atoms with Crippen LogP contribution in [0, 0.1) is 13.8 Å². The molecule has 9 heteroatoms. The van der Waals surface area contributed by atoms with Crippen molar-refractivity contribution in [1.82, 2.24) is 14.9 Å². The highest BCUT2D eigenvalue weighted by molar-refractivity contribution is 7.16. The molecule has 0 saturated carbocycles. The lowest BCUT2D eigenvalue weighted by atomic mass is 9.95. The van der Waals surface area contributed by atoms with E-state index in [0.717, 1.165) is 26.8 Å². The Balaban J connectivity index is 1.51. The van der Waals surface area contributed by atoms with E-state index < -0.39 is 18.8 Å². The van der Waals surface area contributed by atoms with E-state index in [0.29, 0.717) is 11.4 Å². The maximum atomic E-state index is 13.2. The van der Waals surface area contributed by atoms with Gasteiger partial charge in [-0.15, -0.1) is 22.7 Å². The predicted octanol–water partition coefficient (Wildman–Crippen LogP) is 5.42. The van der Waals surface area contributed by atoms with Crippen molar-refractivity contribution < 1.29 is 18.0 Å². The summed E-state index contributed by atoms with van der Waals surface area (Å²) in [6.07, 6.45) is -3.91. The van der Waals surface area contributed by atoms with Crippen molar-refractivity contribution in [3.05, 3.63) is 57.0 Å². The molecule has 0 radical (unpaired) electrons. The Hall–Kier alpha value is -2.10. The molecular weight excluding hydrogens is 443 g/mol. The van der Waals surface area contributed by atoms with Gasteiger partial charge in [-0.3, -0.25) is 9.69 Å². The molecule has 1 aliphatic heterocycles. The van der Waals surface area contributed by atoms with E-state index in [1.807, 2.05) is 49.6 Å². The van der Waals surface area contributed by atoms with E-state index in [9.17, 15) is 18.0 Å². The van der Waals surface area contributed by atoms with Crippen LogP contribution in [0.2, 0.25) is 0 Å². The number of alkyl halides is 3. The van der Waals surface area contributed by atoms with E-state index in [2.05, 4.69) is 9.97 Å². The number of likely N-dealkylation sites (tertiary alicyclic amines) is 1. The summed E-state index contributed by atoms with van der Waals surface area (Å²) >= 11 is 2.91. The van der Waals surface area contributed by atoms with E-state index in [4.69, 9.17) is 0 Å². The molecule has 4 nitrogen and oxygen atoms in total. The summed E-state index contributed by atoms with van der Waals surface area (Å²) in [5, 5.41) is 3.46. The first kappa shape index (κ1) is 22.1. The van der Waals surface area contributed by atoms with Crippen molar-refractivity contribution in [2.24, 2.45) is 0 Å². The standard InChI is InChI=1S/C22H22F3N3OS2/c1-13-21(31-14(2)26-13)17-11-30-20(27-17)9-19(29)18-8-16(15-6-4-3-5-7-15)10-28(18)12-22(23,24)25/h3-7,11,16,18H,8-10,12H2,1-2H3/t16-,18+/m1/s1. The first-order chi connectivity index (χ1) is 14.7.